The average molecular weight is 233 g/mol. The molecule has 0 aromatic carbocycles. The van der Waals surface area contributed by atoms with Crippen molar-refractivity contribution in [1.82, 2.24) is 9.47 Å². The Kier molecular flexibility index (Phi) is 3.82. The summed E-state index contributed by atoms with van der Waals surface area (Å²) < 4.78 is 7.48. The van der Waals surface area contributed by atoms with E-state index in [1.54, 1.807) is 0 Å². The molecule has 1 aromatic heterocycles. The van der Waals surface area contributed by atoms with E-state index in [9.17, 15) is 0 Å². The first-order valence-corrected chi connectivity index (χ1v) is 6.04. The van der Waals surface area contributed by atoms with Gasteiger partial charge < -0.3 is 9.30 Å². The number of hydrogen-bond acceptors (Lipinski definition) is 3. The van der Waals surface area contributed by atoms with E-state index in [0.717, 1.165) is 19.7 Å². The van der Waals surface area contributed by atoms with Crippen LogP contribution in [0.3, 0.4) is 0 Å². The molecule has 0 bridgehead atoms. The fourth-order valence-electron chi connectivity index (χ4n) is 2.34. The van der Waals surface area contributed by atoms with Crippen molar-refractivity contribution in [2.24, 2.45) is 7.05 Å². The summed E-state index contributed by atoms with van der Waals surface area (Å²) in [6.07, 6.45) is 4.76. The van der Waals surface area contributed by atoms with Crippen molar-refractivity contribution in [2.75, 3.05) is 20.2 Å². The molecular weight excluding hydrogens is 214 g/mol. The molecule has 2 rings (SSSR count). The Balaban J connectivity index is 1.88. The molecule has 0 N–H and O–H groups in total. The average Bonchev–Trinajstić information content (AvgIpc) is 2.88. The number of likely N-dealkylation sites (N-methyl/N-ethyl adjacent to an activating group) is 1. The van der Waals surface area contributed by atoms with Crippen LogP contribution in [-0.2, 0) is 18.3 Å². The Bertz CT molecular complexity index is 413. The van der Waals surface area contributed by atoms with E-state index >= 15 is 0 Å². The highest BCUT2D eigenvalue weighted by atomic mass is 16.5. The molecule has 1 aliphatic rings. The number of aromatic nitrogens is 1. The number of nitrogens with zero attached hydrogens (tertiary/aromatic N) is 3. The fourth-order valence-corrected chi connectivity index (χ4v) is 2.34. The Hall–Kier alpha value is -1.31. The second-order valence-corrected chi connectivity index (χ2v) is 4.79. The first-order valence-electron chi connectivity index (χ1n) is 6.04. The normalized spacial score (nSPS) is 19.8. The first kappa shape index (κ1) is 12.2. The van der Waals surface area contributed by atoms with Crippen LogP contribution in [0, 0.1) is 11.3 Å². The van der Waals surface area contributed by atoms with Gasteiger partial charge in [0.2, 0.25) is 0 Å². The zero-order valence-electron chi connectivity index (χ0n) is 10.5. The summed E-state index contributed by atoms with van der Waals surface area (Å²) >= 11 is 0. The van der Waals surface area contributed by atoms with Crippen molar-refractivity contribution in [3.63, 3.8) is 0 Å². The maximum absolute atomic E-state index is 8.89. The van der Waals surface area contributed by atoms with Gasteiger partial charge in [0.1, 0.15) is 11.8 Å². The minimum Gasteiger partial charge on any atom is -0.377 e. The van der Waals surface area contributed by atoms with Crippen LogP contribution in [0.5, 0.6) is 0 Å². The molecule has 4 nitrogen and oxygen atoms in total. The second kappa shape index (κ2) is 5.35. The Morgan fingerprint density at radius 2 is 2.47 bits per heavy atom. The third-order valence-electron chi connectivity index (χ3n) is 3.17. The van der Waals surface area contributed by atoms with Gasteiger partial charge in [-0.25, -0.2) is 0 Å². The summed E-state index contributed by atoms with van der Waals surface area (Å²) in [4.78, 5) is 2.26. The predicted octanol–water partition coefficient (Wildman–Crippen LogP) is 1.51. The highest BCUT2D eigenvalue weighted by Crippen LogP contribution is 2.14. The van der Waals surface area contributed by atoms with E-state index in [4.69, 9.17) is 10.00 Å². The number of aryl methyl sites for hydroxylation is 1. The van der Waals surface area contributed by atoms with Crippen molar-refractivity contribution in [3.8, 4) is 6.07 Å². The lowest BCUT2D eigenvalue weighted by molar-refractivity contribution is 0.0793. The molecule has 92 valence electrons. The van der Waals surface area contributed by atoms with Gasteiger partial charge >= 0.3 is 0 Å². The minimum atomic E-state index is 0.388. The Morgan fingerprint density at radius 1 is 1.65 bits per heavy atom. The summed E-state index contributed by atoms with van der Waals surface area (Å²) in [5.74, 6) is 0. The van der Waals surface area contributed by atoms with E-state index in [2.05, 4.69) is 18.0 Å². The van der Waals surface area contributed by atoms with Gasteiger partial charge in [-0.3, -0.25) is 4.90 Å². The van der Waals surface area contributed by atoms with Gasteiger partial charge in [0.25, 0.3) is 0 Å². The molecular formula is C13H19N3O. The van der Waals surface area contributed by atoms with Crippen LogP contribution in [0.2, 0.25) is 0 Å². The molecule has 1 aromatic rings. The van der Waals surface area contributed by atoms with Crippen LogP contribution < -0.4 is 0 Å². The molecule has 0 amide bonds. The van der Waals surface area contributed by atoms with Crippen molar-refractivity contribution in [2.45, 2.75) is 25.5 Å². The lowest BCUT2D eigenvalue weighted by Crippen LogP contribution is -2.28. The van der Waals surface area contributed by atoms with Gasteiger partial charge in [-0.05, 0) is 31.5 Å². The van der Waals surface area contributed by atoms with Gasteiger partial charge in [-0.2, -0.15) is 5.26 Å². The molecule has 2 heterocycles. The Labute approximate surface area is 102 Å². The smallest absolute Gasteiger partial charge is 0.120 e. The maximum atomic E-state index is 8.89. The van der Waals surface area contributed by atoms with E-state index in [1.807, 2.05) is 23.9 Å². The second-order valence-electron chi connectivity index (χ2n) is 4.79. The number of hydrogen-bond donors (Lipinski definition) is 0. The van der Waals surface area contributed by atoms with Crippen molar-refractivity contribution >= 4 is 0 Å². The molecule has 0 radical (unpaired) electrons. The molecule has 0 spiro atoms. The largest absolute Gasteiger partial charge is 0.377 e. The lowest BCUT2D eigenvalue weighted by Gasteiger charge is -2.19. The third kappa shape index (κ3) is 3.09. The fraction of sp³-hybridized carbons (Fsp3) is 0.615. The summed E-state index contributed by atoms with van der Waals surface area (Å²) in [5.41, 5.74) is 1.90. The SMILES string of the molecule is CN(Cc1cc(C#N)n(C)c1)C[C@H]1CCCO1. The summed E-state index contributed by atoms with van der Waals surface area (Å²) in [7, 11) is 4.00. The van der Waals surface area contributed by atoms with E-state index in [-0.39, 0.29) is 0 Å². The zero-order valence-corrected chi connectivity index (χ0v) is 10.5. The molecule has 1 fully saturated rings. The zero-order chi connectivity index (χ0) is 12.3. The molecule has 0 aliphatic carbocycles. The van der Waals surface area contributed by atoms with Crippen LogP contribution in [-0.4, -0.2) is 35.8 Å². The summed E-state index contributed by atoms with van der Waals surface area (Å²) in [6.45, 7) is 2.74. The Morgan fingerprint density at radius 3 is 3.06 bits per heavy atom. The molecule has 17 heavy (non-hydrogen) atoms. The number of nitriles is 1. The van der Waals surface area contributed by atoms with Crippen molar-refractivity contribution < 1.29 is 4.74 Å². The highest BCUT2D eigenvalue weighted by Gasteiger charge is 2.17. The van der Waals surface area contributed by atoms with Crippen LogP contribution in [0.15, 0.2) is 12.3 Å². The van der Waals surface area contributed by atoms with Gasteiger partial charge in [0.05, 0.1) is 6.10 Å². The number of ether oxygens (including phenoxy) is 1. The monoisotopic (exact) mass is 233 g/mol. The molecule has 0 saturated carbocycles. The predicted molar refractivity (Wildman–Crippen MR) is 65.4 cm³/mol. The van der Waals surface area contributed by atoms with Crippen LogP contribution >= 0.6 is 0 Å². The number of rotatable bonds is 4. The van der Waals surface area contributed by atoms with Crippen molar-refractivity contribution in [3.05, 3.63) is 23.5 Å². The highest BCUT2D eigenvalue weighted by molar-refractivity contribution is 5.28. The molecule has 1 atom stereocenters. The van der Waals surface area contributed by atoms with Crippen molar-refractivity contribution in [1.29, 1.82) is 5.26 Å². The maximum Gasteiger partial charge on any atom is 0.120 e. The first-order chi connectivity index (χ1) is 8.19. The van der Waals surface area contributed by atoms with Gasteiger partial charge in [-0.1, -0.05) is 0 Å². The summed E-state index contributed by atoms with van der Waals surface area (Å²) in [5, 5.41) is 8.89. The topological polar surface area (TPSA) is 41.2 Å². The van der Waals surface area contributed by atoms with Gasteiger partial charge in [-0.15, -0.1) is 0 Å². The van der Waals surface area contributed by atoms with E-state index < -0.39 is 0 Å². The minimum absolute atomic E-state index is 0.388. The van der Waals surface area contributed by atoms with Crippen LogP contribution in [0.25, 0.3) is 0 Å². The van der Waals surface area contributed by atoms with Crippen LogP contribution in [0.4, 0.5) is 0 Å². The lowest BCUT2D eigenvalue weighted by atomic mass is 10.2. The van der Waals surface area contributed by atoms with E-state index in [1.165, 1.54) is 18.4 Å². The van der Waals surface area contributed by atoms with Gasteiger partial charge in [0.15, 0.2) is 0 Å². The quantitative estimate of drug-likeness (QED) is 0.791. The third-order valence-corrected chi connectivity index (χ3v) is 3.17. The summed E-state index contributed by atoms with van der Waals surface area (Å²) in [6, 6.07) is 4.13. The molecule has 0 unspecified atom stereocenters. The van der Waals surface area contributed by atoms with Gasteiger partial charge in [0, 0.05) is 32.9 Å². The van der Waals surface area contributed by atoms with Crippen LogP contribution in [0.1, 0.15) is 24.1 Å². The van der Waals surface area contributed by atoms with E-state index in [0.29, 0.717) is 11.8 Å². The molecule has 4 heteroatoms. The standard InChI is InChI=1S/C13H19N3O/c1-15(10-13-4-3-5-17-13)8-11-6-12(7-14)16(2)9-11/h6,9,13H,3-5,8,10H2,1-2H3/t13-/m1/s1. The molecule has 1 aliphatic heterocycles. The molecule has 1 saturated heterocycles.